The topological polar surface area (TPSA) is 91.1 Å². The first kappa shape index (κ1) is 28.7. The zero-order chi connectivity index (χ0) is 29.0. The molecular formula is C32H36FN5O2S. The average molecular weight is 574 g/mol. The lowest BCUT2D eigenvalue weighted by atomic mass is 9.67. The van der Waals surface area contributed by atoms with Crippen molar-refractivity contribution in [2.45, 2.75) is 56.4 Å². The highest BCUT2D eigenvalue weighted by Crippen LogP contribution is 2.43. The number of sulfonamides is 1. The predicted molar refractivity (Wildman–Crippen MR) is 161 cm³/mol. The summed E-state index contributed by atoms with van der Waals surface area (Å²) < 4.78 is 43.8. The van der Waals surface area contributed by atoms with E-state index in [2.05, 4.69) is 35.5 Å². The molecule has 0 aliphatic carbocycles. The smallest absolute Gasteiger partial charge is 0.246 e. The van der Waals surface area contributed by atoms with Crippen molar-refractivity contribution in [3.05, 3.63) is 107 Å². The number of rotatable bonds is 10. The predicted octanol–water partition coefficient (Wildman–Crippen LogP) is 6.45. The molecule has 0 saturated carbocycles. The summed E-state index contributed by atoms with van der Waals surface area (Å²) in [5.74, 6) is -0.305. The van der Waals surface area contributed by atoms with Crippen LogP contribution in [0.2, 0.25) is 0 Å². The van der Waals surface area contributed by atoms with E-state index in [0.29, 0.717) is 32.5 Å². The highest BCUT2D eigenvalue weighted by Gasteiger charge is 2.41. The van der Waals surface area contributed by atoms with E-state index in [4.69, 9.17) is 5.41 Å². The second-order valence-corrected chi connectivity index (χ2v) is 12.8. The molecule has 1 aliphatic heterocycles. The second-order valence-electron chi connectivity index (χ2n) is 10.8. The van der Waals surface area contributed by atoms with Crippen LogP contribution in [-0.2, 0) is 28.4 Å². The van der Waals surface area contributed by atoms with Gasteiger partial charge in [0.1, 0.15) is 10.7 Å². The van der Waals surface area contributed by atoms with Crippen LogP contribution in [-0.4, -0.2) is 41.8 Å². The van der Waals surface area contributed by atoms with E-state index in [1.54, 1.807) is 27.3 Å². The lowest BCUT2D eigenvalue weighted by Gasteiger charge is -2.43. The number of hydrogen-bond donors (Lipinski definition) is 2. The summed E-state index contributed by atoms with van der Waals surface area (Å²) >= 11 is 0. The Balaban J connectivity index is 1.47. The summed E-state index contributed by atoms with van der Waals surface area (Å²) in [7, 11) is -3.65. The lowest BCUT2D eigenvalue weighted by Crippen LogP contribution is -2.46. The molecule has 0 amide bonds. The molecule has 7 nitrogen and oxygen atoms in total. The van der Waals surface area contributed by atoms with E-state index < -0.39 is 10.0 Å². The van der Waals surface area contributed by atoms with Gasteiger partial charge in [0.15, 0.2) is 0 Å². The third-order valence-electron chi connectivity index (χ3n) is 8.01. The number of hydrogen-bond acceptors (Lipinski definition) is 5. The van der Waals surface area contributed by atoms with Gasteiger partial charge in [-0.15, -0.1) is 0 Å². The Morgan fingerprint density at radius 1 is 1.07 bits per heavy atom. The number of aryl methyl sites for hydroxylation is 2. The Hall–Kier alpha value is -3.82. The molecule has 0 unspecified atom stereocenters. The summed E-state index contributed by atoms with van der Waals surface area (Å²) in [5, 5.41) is 15.7. The fraction of sp³-hybridized carbons (Fsp3) is 0.312. The zero-order valence-corrected chi connectivity index (χ0v) is 24.3. The Morgan fingerprint density at radius 3 is 2.44 bits per heavy atom. The van der Waals surface area contributed by atoms with E-state index in [1.807, 2.05) is 31.2 Å². The molecule has 5 rings (SSSR count). The number of benzene rings is 3. The van der Waals surface area contributed by atoms with Gasteiger partial charge in [-0.3, -0.25) is 4.68 Å². The van der Waals surface area contributed by atoms with Crippen molar-refractivity contribution in [2.75, 3.05) is 18.4 Å². The molecule has 0 atom stereocenters. The summed E-state index contributed by atoms with van der Waals surface area (Å²) in [6.45, 7) is 5.56. The zero-order valence-electron chi connectivity index (χ0n) is 23.5. The third kappa shape index (κ3) is 6.11. The van der Waals surface area contributed by atoms with Crippen LogP contribution in [0.15, 0.2) is 84.0 Å². The van der Waals surface area contributed by atoms with E-state index in [0.717, 1.165) is 40.9 Å². The van der Waals surface area contributed by atoms with Gasteiger partial charge in [0.05, 0.1) is 6.20 Å². The first-order valence-corrected chi connectivity index (χ1v) is 15.4. The fourth-order valence-electron chi connectivity index (χ4n) is 5.87. The molecule has 214 valence electrons. The minimum atomic E-state index is -3.65. The van der Waals surface area contributed by atoms with Crippen LogP contribution in [0.3, 0.4) is 0 Å². The van der Waals surface area contributed by atoms with Gasteiger partial charge in [-0.05, 0) is 85.7 Å². The minimum absolute atomic E-state index is 0.236. The van der Waals surface area contributed by atoms with Crippen molar-refractivity contribution in [1.82, 2.24) is 14.1 Å². The second kappa shape index (κ2) is 12.0. The van der Waals surface area contributed by atoms with Crippen molar-refractivity contribution < 1.29 is 12.8 Å². The van der Waals surface area contributed by atoms with Crippen molar-refractivity contribution in [2.24, 2.45) is 0 Å². The Labute approximate surface area is 241 Å². The molecule has 0 radical (unpaired) electrons. The van der Waals surface area contributed by atoms with Gasteiger partial charge in [0, 0.05) is 54.4 Å². The maximum atomic E-state index is 13.5. The average Bonchev–Trinajstić information content (AvgIpc) is 3.45. The molecule has 0 bridgehead atoms. The van der Waals surface area contributed by atoms with Crippen LogP contribution < -0.4 is 5.32 Å². The Kier molecular flexibility index (Phi) is 8.37. The molecule has 2 heterocycles. The van der Waals surface area contributed by atoms with E-state index in [-0.39, 0.29) is 16.1 Å². The van der Waals surface area contributed by atoms with E-state index in [1.165, 1.54) is 30.1 Å². The summed E-state index contributed by atoms with van der Waals surface area (Å²) in [6, 6.07) is 20.5. The lowest BCUT2D eigenvalue weighted by molar-refractivity contribution is 0.230. The molecule has 1 aliphatic rings. The molecule has 4 aromatic rings. The van der Waals surface area contributed by atoms with Gasteiger partial charge < -0.3 is 10.7 Å². The third-order valence-corrected chi connectivity index (χ3v) is 9.86. The van der Waals surface area contributed by atoms with Crippen molar-refractivity contribution in [1.29, 1.82) is 5.41 Å². The van der Waals surface area contributed by atoms with Gasteiger partial charge in [-0.2, -0.15) is 9.40 Å². The molecule has 1 aromatic heterocycles. The van der Waals surface area contributed by atoms with Crippen molar-refractivity contribution in [3.63, 3.8) is 0 Å². The molecule has 1 fully saturated rings. The van der Waals surface area contributed by atoms with Crippen LogP contribution in [0.25, 0.3) is 0 Å². The number of nitrogens with zero attached hydrogens (tertiary/aromatic N) is 3. The summed E-state index contributed by atoms with van der Waals surface area (Å²) in [5.41, 5.74) is 5.30. The SMILES string of the molecule is CCCn1cc(S(=O)(=O)N2CCC(Cc3ccccc3)(c3cc(C=N)c(Nc4ccc(F)cc4)cc3C)CC2)cn1. The highest BCUT2D eigenvalue weighted by molar-refractivity contribution is 7.89. The van der Waals surface area contributed by atoms with Gasteiger partial charge >= 0.3 is 0 Å². The van der Waals surface area contributed by atoms with Crippen molar-refractivity contribution >= 4 is 27.6 Å². The summed E-state index contributed by atoms with van der Waals surface area (Å²) in [6.07, 6.45) is 7.34. The minimum Gasteiger partial charge on any atom is -0.355 e. The van der Waals surface area contributed by atoms with Crippen LogP contribution >= 0.6 is 0 Å². The summed E-state index contributed by atoms with van der Waals surface area (Å²) in [4.78, 5) is 0.236. The van der Waals surface area contributed by atoms with Crippen LogP contribution in [0.1, 0.15) is 48.4 Å². The maximum absolute atomic E-state index is 13.5. The van der Waals surface area contributed by atoms with Gasteiger partial charge in [0.2, 0.25) is 10.0 Å². The van der Waals surface area contributed by atoms with Gasteiger partial charge in [0.25, 0.3) is 0 Å². The standard InChI is InChI=1S/C32H36FN5O2S/c1-3-15-37-23-29(22-35-37)41(39,40)38-16-13-32(14-17-38,20-25-7-5-4-6-8-25)30-19-26(21-34)31(18-24(30)2)36-28-11-9-27(33)10-12-28/h4-12,18-19,21-23,34,36H,3,13-17,20H2,1-2H3. The maximum Gasteiger partial charge on any atom is 0.246 e. The molecular weight excluding hydrogens is 537 g/mol. The first-order chi connectivity index (χ1) is 19.7. The van der Waals surface area contributed by atoms with Crippen molar-refractivity contribution in [3.8, 4) is 0 Å². The largest absolute Gasteiger partial charge is 0.355 e. The number of anilines is 2. The van der Waals surface area contributed by atoms with Gasteiger partial charge in [-0.25, -0.2) is 12.8 Å². The highest BCUT2D eigenvalue weighted by atomic mass is 32.2. The molecule has 3 aromatic carbocycles. The van der Waals surface area contributed by atoms with Gasteiger partial charge in [-0.1, -0.05) is 37.3 Å². The number of nitrogens with one attached hydrogen (secondary N) is 2. The molecule has 9 heteroatoms. The quantitative estimate of drug-likeness (QED) is 0.214. The number of aromatic nitrogens is 2. The van der Waals surface area contributed by atoms with Crippen LogP contribution in [0.5, 0.6) is 0 Å². The normalized spacial score (nSPS) is 15.5. The van der Waals surface area contributed by atoms with E-state index in [9.17, 15) is 12.8 Å². The Morgan fingerprint density at radius 2 is 1.78 bits per heavy atom. The first-order valence-electron chi connectivity index (χ1n) is 14.0. The molecule has 1 saturated heterocycles. The number of piperidine rings is 1. The van der Waals surface area contributed by atoms with Crippen LogP contribution in [0.4, 0.5) is 15.8 Å². The fourth-order valence-corrected chi connectivity index (χ4v) is 7.27. The number of halogens is 1. The molecule has 0 spiro atoms. The monoisotopic (exact) mass is 573 g/mol. The molecule has 2 N–H and O–H groups in total. The molecule has 41 heavy (non-hydrogen) atoms. The Bertz CT molecular complexity index is 1610. The van der Waals surface area contributed by atoms with E-state index >= 15 is 0 Å². The van der Waals surface area contributed by atoms with Crippen LogP contribution in [0, 0.1) is 18.2 Å².